The Balaban J connectivity index is 2.28. The number of hydrogen-bond acceptors (Lipinski definition) is 3. The van der Waals surface area contributed by atoms with Gasteiger partial charge in [-0.2, -0.15) is 11.8 Å². The van der Waals surface area contributed by atoms with Crippen molar-refractivity contribution < 1.29 is 4.79 Å². The monoisotopic (exact) mass is 216 g/mol. The van der Waals surface area contributed by atoms with Crippen molar-refractivity contribution in [1.82, 2.24) is 5.32 Å². The highest BCUT2D eigenvalue weighted by atomic mass is 32.2. The predicted octanol–water partition coefficient (Wildman–Crippen LogP) is 0.841. The highest BCUT2D eigenvalue weighted by Gasteiger charge is 2.31. The molecule has 1 aliphatic carbocycles. The van der Waals surface area contributed by atoms with Gasteiger partial charge in [0, 0.05) is 18.2 Å². The maximum atomic E-state index is 11.7. The summed E-state index contributed by atoms with van der Waals surface area (Å²) in [7, 11) is 0. The van der Waals surface area contributed by atoms with Crippen molar-refractivity contribution in [2.24, 2.45) is 17.6 Å². The summed E-state index contributed by atoms with van der Waals surface area (Å²) in [6.45, 7) is 1.44. The molecule has 1 rings (SSSR count). The van der Waals surface area contributed by atoms with E-state index >= 15 is 0 Å². The van der Waals surface area contributed by atoms with Crippen LogP contribution in [-0.2, 0) is 4.79 Å². The van der Waals surface area contributed by atoms with E-state index in [1.807, 2.05) is 6.26 Å². The Morgan fingerprint density at radius 3 is 3.00 bits per heavy atom. The first-order chi connectivity index (χ1) is 6.79. The Hall–Kier alpha value is -0.220. The van der Waals surface area contributed by atoms with Gasteiger partial charge >= 0.3 is 0 Å². The fourth-order valence-corrected chi connectivity index (χ4v) is 2.38. The average Bonchev–Trinajstić information content (AvgIpc) is 2.65. The van der Waals surface area contributed by atoms with Crippen LogP contribution in [0.1, 0.15) is 19.3 Å². The van der Waals surface area contributed by atoms with E-state index in [0.717, 1.165) is 31.6 Å². The molecule has 0 aliphatic heterocycles. The Kier molecular flexibility index (Phi) is 5.33. The van der Waals surface area contributed by atoms with Crippen LogP contribution in [-0.4, -0.2) is 31.0 Å². The SMILES string of the molecule is CSCCNC(=O)C1CCCC1CN. The third-order valence-electron chi connectivity index (χ3n) is 2.90. The number of amides is 1. The van der Waals surface area contributed by atoms with Crippen LogP contribution in [0.25, 0.3) is 0 Å². The van der Waals surface area contributed by atoms with Gasteiger partial charge in [-0.25, -0.2) is 0 Å². The van der Waals surface area contributed by atoms with Crippen LogP contribution in [0.3, 0.4) is 0 Å². The predicted molar refractivity (Wildman–Crippen MR) is 61.3 cm³/mol. The van der Waals surface area contributed by atoms with Gasteiger partial charge in [0.25, 0.3) is 0 Å². The van der Waals surface area contributed by atoms with Crippen molar-refractivity contribution in [1.29, 1.82) is 0 Å². The molecular formula is C10H20N2OS. The van der Waals surface area contributed by atoms with Crippen LogP contribution in [0.15, 0.2) is 0 Å². The third-order valence-corrected chi connectivity index (χ3v) is 3.52. The Bertz CT molecular complexity index is 187. The van der Waals surface area contributed by atoms with Gasteiger partial charge in [-0.15, -0.1) is 0 Å². The first-order valence-corrected chi connectivity index (χ1v) is 6.65. The van der Waals surface area contributed by atoms with E-state index in [1.165, 1.54) is 0 Å². The molecule has 3 nitrogen and oxygen atoms in total. The minimum absolute atomic E-state index is 0.182. The summed E-state index contributed by atoms with van der Waals surface area (Å²) in [5, 5.41) is 2.97. The number of carbonyl (C=O) groups is 1. The smallest absolute Gasteiger partial charge is 0.223 e. The first kappa shape index (κ1) is 11.9. The van der Waals surface area contributed by atoms with E-state index in [0.29, 0.717) is 12.5 Å². The molecule has 0 aromatic carbocycles. The average molecular weight is 216 g/mol. The zero-order valence-corrected chi connectivity index (χ0v) is 9.61. The zero-order chi connectivity index (χ0) is 10.4. The van der Waals surface area contributed by atoms with Gasteiger partial charge in [-0.1, -0.05) is 6.42 Å². The first-order valence-electron chi connectivity index (χ1n) is 5.26. The lowest BCUT2D eigenvalue weighted by atomic mass is 9.95. The highest BCUT2D eigenvalue weighted by Crippen LogP contribution is 2.30. The van der Waals surface area contributed by atoms with E-state index in [1.54, 1.807) is 11.8 Å². The van der Waals surface area contributed by atoms with Gasteiger partial charge in [0.15, 0.2) is 0 Å². The van der Waals surface area contributed by atoms with Gasteiger partial charge in [-0.3, -0.25) is 4.79 Å². The quantitative estimate of drug-likeness (QED) is 0.670. The Morgan fingerprint density at radius 2 is 2.36 bits per heavy atom. The summed E-state index contributed by atoms with van der Waals surface area (Å²) in [6.07, 6.45) is 5.34. The van der Waals surface area contributed by atoms with Crippen LogP contribution in [0.2, 0.25) is 0 Å². The standard InChI is InChI=1S/C10H20N2OS/c1-14-6-5-12-10(13)9-4-2-3-8(9)7-11/h8-9H,2-7,11H2,1H3,(H,12,13). The summed E-state index contributed by atoms with van der Waals surface area (Å²) >= 11 is 1.75. The normalized spacial score (nSPS) is 26.4. The zero-order valence-electron chi connectivity index (χ0n) is 8.79. The van der Waals surface area contributed by atoms with Crippen molar-refractivity contribution in [3.8, 4) is 0 Å². The second kappa shape index (κ2) is 6.30. The molecule has 1 amide bonds. The molecule has 2 atom stereocenters. The van der Waals surface area contributed by atoms with Crippen molar-refractivity contribution in [2.45, 2.75) is 19.3 Å². The van der Waals surface area contributed by atoms with E-state index in [-0.39, 0.29) is 11.8 Å². The Labute approximate surface area is 90.2 Å². The number of carbonyl (C=O) groups excluding carboxylic acids is 1. The van der Waals surface area contributed by atoms with Gasteiger partial charge in [0.05, 0.1) is 0 Å². The van der Waals surface area contributed by atoms with Gasteiger partial charge < -0.3 is 11.1 Å². The van der Waals surface area contributed by atoms with Crippen molar-refractivity contribution in [2.75, 3.05) is 25.1 Å². The summed E-state index contributed by atoms with van der Waals surface area (Å²) < 4.78 is 0. The summed E-state index contributed by atoms with van der Waals surface area (Å²) in [5.41, 5.74) is 5.63. The summed E-state index contributed by atoms with van der Waals surface area (Å²) in [6, 6.07) is 0. The third kappa shape index (κ3) is 3.17. The van der Waals surface area contributed by atoms with Crippen LogP contribution in [0, 0.1) is 11.8 Å². The summed E-state index contributed by atoms with van der Waals surface area (Å²) in [4.78, 5) is 11.7. The number of rotatable bonds is 5. The molecule has 0 saturated heterocycles. The Morgan fingerprint density at radius 1 is 1.57 bits per heavy atom. The molecular weight excluding hydrogens is 196 g/mol. The number of nitrogens with two attached hydrogens (primary N) is 1. The van der Waals surface area contributed by atoms with Gasteiger partial charge in [0.2, 0.25) is 5.91 Å². The lowest BCUT2D eigenvalue weighted by Crippen LogP contribution is -2.36. The van der Waals surface area contributed by atoms with E-state index < -0.39 is 0 Å². The number of hydrogen-bond donors (Lipinski definition) is 2. The summed E-state index contributed by atoms with van der Waals surface area (Å²) in [5.74, 6) is 1.81. The van der Waals surface area contributed by atoms with Gasteiger partial charge in [-0.05, 0) is 31.6 Å². The molecule has 3 N–H and O–H groups in total. The molecule has 0 bridgehead atoms. The van der Waals surface area contributed by atoms with Gasteiger partial charge in [0.1, 0.15) is 0 Å². The fourth-order valence-electron chi connectivity index (χ4n) is 2.07. The molecule has 82 valence electrons. The molecule has 0 radical (unpaired) electrons. The maximum absolute atomic E-state index is 11.7. The van der Waals surface area contributed by atoms with E-state index in [4.69, 9.17) is 5.73 Å². The van der Waals surface area contributed by atoms with Crippen molar-refractivity contribution in [3.05, 3.63) is 0 Å². The molecule has 0 aromatic rings. The highest BCUT2D eigenvalue weighted by molar-refractivity contribution is 7.98. The minimum atomic E-state index is 0.182. The molecule has 0 aromatic heterocycles. The van der Waals surface area contributed by atoms with Crippen LogP contribution < -0.4 is 11.1 Å². The molecule has 1 saturated carbocycles. The second-order valence-electron chi connectivity index (χ2n) is 3.82. The largest absolute Gasteiger partial charge is 0.355 e. The maximum Gasteiger partial charge on any atom is 0.223 e. The molecule has 1 aliphatic rings. The molecule has 0 spiro atoms. The molecule has 4 heteroatoms. The number of thioether (sulfide) groups is 1. The lowest BCUT2D eigenvalue weighted by Gasteiger charge is -2.16. The molecule has 14 heavy (non-hydrogen) atoms. The van der Waals surface area contributed by atoms with E-state index in [9.17, 15) is 4.79 Å². The topological polar surface area (TPSA) is 55.1 Å². The molecule has 2 unspecified atom stereocenters. The number of nitrogens with one attached hydrogen (secondary N) is 1. The molecule has 1 fully saturated rings. The second-order valence-corrected chi connectivity index (χ2v) is 4.80. The van der Waals surface area contributed by atoms with Crippen molar-refractivity contribution in [3.63, 3.8) is 0 Å². The lowest BCUT2D eigenvalue weighted by molar-refractivity contribution is -0.125. The van der Waals surface area contributed by atoms with Crippen molar-refractivity contribution >= 4 is 17.7 Å². The van der Waals surface area contributed by atoms with Crippen LogP contribution in [0.4, 0.5) is 0 Å². The van der Waals surface area contributed by atoms with Crippen LogP contribution >= 0.6 is 11.8 Å². The fraction of sp³-hybridized carbons (Fsp3) is 0.900. The van der Waals surface area contributed by atoms with Crippen LogP contribution in [0.5, 0.6) is 0 Å². The van der Waals surface area contributed by atoms with E-state index in [2.05, 4.69) is 5.32 Å². The molecule has 0 heterocycles. The minimum Gasteiger partial charge on any atom is -0.355 e.